The van der Waals surface area contributed by atoms with Crippen LogP contribution in [0, 0.1) is 0 Å². The van der Waals surface area contributed by atoms with Gasteiger partial charge in [-0.05, 0) is 24.6 Å². The summed E-state index contributed by atoms with van der Waals surface area (Å²) >= 11 is 1.58. The van der Waals surface area contributed by atoms with E-state index in [-0.39, 0.29) is 17.2 Å². The molecule has 0 spiro atoms. The number of rotatable bonds is 7. The van der Waals surface area contributed by atoms with Gasteiger partial charge in [0.25, 0.3) is 11.5 Å². The Morgan fingerprint density at radius 3 is 2.84 bits per heavy atom. The molecule has 0 unspecified atom stereocenters. The number of fused-ring (bicyclic) bond motifs is 1. The Morgan fingerprint density at radius 2 is 2.04 bits per heavy atom. The number of thiazole rings is 1. The van der Waals surface area contributed by atoms with Gasteiger partial charge in [0.15, 0.2) is 5.13 Å². The van der Waals surface area contributed by atoms with Gasteiger partial charge in [0.2, 0.25) is 0 Å². The summed E-state index contributed by atoms with van der Waals surface area (Å²) in [5, 5.41) is 10.9. The molecular formula is C17H19N5O2S. The maximum Gasteiger partial charge on any atom is 0.271 e. The monoisotopic (exact) mass is 357 g/mol. The Hall–Kier alpha value is -2.74. The van der Waals surface area contributed by atoms with E-state index in [1.807, 2.05) is 31.2 Å². The number of nitrogens with one attached hydrogen (secondary N) is 2. The minimum Gasteiger partial charge on any atom is -0.360 e. The zero-order valence-electron chi connectivity index (χ0n) is 13.9. The number of anilines is 1. The summed E-state index contributed by atoms with van der Waals surface area (Å²) in [5.41, 5.74) is 1.00. The summed E-state index contributed by atoms with van der Waals surface area (Å²) < 4.78 is 2.44. The van der Waals surface area contributed by atoms with E-state index in [1.54, 1.807) is 11.3 Å². The lowest BCUT2D eigenvalue weighted by atomic mass is 10.3. The van der Waals surface area contributed by atoms with E-state index in [2.05, 4.69) is 20.7 Å². The largest absolute Gasteiger partial charge is 0.360 e. The zero-order chi connectivity index (χ0) is 17.6. The third-order valence-corrected chi connectivity index (χ3v) is 4.51. The molecule has 0 aliphatic carbocycles. The van der Waals surface area contributed by atoms with Gasteiger partial charge in [-0.3, -0.25) is 9.59 Å². The van der Waals surface area contributed by atoms with Crippen LogP contribution in [0.4, 0.5) is 5.13 Å². The molecule has 0 radical (unpaired) electrons. The molecule has 0 atom stereocenters. The first kappa shape index (κ1) is 17.1. The van der Waals surface area contributed by atoms with Gasteiger partial charge in [0, 0.05) is 25.7 Å². The van der Waals surface area contributed by atoms with Crippen molar-refractivity contribution in [2.24, 2.45) is 0 Å². The first-order valence-corrected chi connectivity index (χ1v) is 8.95. The number of benzene rings is 1. The Labute approximate surface area is 148 Å². The molecule has 2 heterocycles. The lowest BCUT2D eigenvalue weighted by Crippen LogP contribution is -2.32. The maximum absolute atomic E-state index is 12.1. The molecule has 0 aliphatic rings. The van der Waals surface area contributed by atoms with E-state index < -0.39 is 0 Å². The lowest BCUT2D eigenvalue weighted by Gasteiger charge is -2.07. The maximum atomic E-state index is 12.1. The average Bonchev–Trinajstić information content (AvgIpc) is 3.03. The van der Waals surface area contributed by atoms with Crippen molar-refractivity contribution in [2.45, 2.75) is 19.9 Å². The molecule has 0 saturated carbocycles. The average molecular weight is 357 g/mol. The molecule has 2 N–H and O–H groups in total. The van der Waals surface area contributed by atoms with Crippen LogP contribution in [-0.2, 0) is 6.54 Å². The highest BCUT2D eigenvalue weighted by Gasteiger charge is 2.09. The van der Waals surface area contributed by atoms with Crippen LogP contribution < -0.4 is 16.2 Å². The number of carbonyl (C=O) groups is 1. The second kappa shape index (κ2) is 7.89. The number of para-hydroxylation sites is 1. The van der Waals surface area contributed by atoms with Crippen LogP contribution in [0.5, 0.6) is 0 Å². The minimum absolute atomic E-state index is 0.198. The predicted molar refractivity (Wildman–Crippen MR) is 99.2 cm³/mol. The van der Waals surface area contributed by atoms with Crippen molar-refractivity contribution < 1.29 is 4.79 Å². The molecule has 8 heteroatoms. The molecule has 1 amide bonds. The Bertz CT molecular complexity index is 901. The molecular weight excluding hydrogens is 338 g/mol. The van der Waals surface area contributed by atoms with E-state index in [0.717, 1.165) is 21.8 Å². The Kier molecular flexibility index (Phi) is 5.39. The van der Waals surface area contributed by atoms with Crippen LogP contribution in [-0.4, -0.2) is 33.8 Å². The molecule has 3 rings (SSSR count). The van der Waals surface area contributed by atoms with Gasteiger partial charge in [-0.15, -0.1) is 0 Å². The van der Waals surface area contributed by atoms with Gasteiger partial charge in [-0.1, -0.05) is 30.4 Å². The number of hydrogen-bond acceptors (Lipinski definition) is 6. The SMILES string of the molecule is CCCn1nc(C(=O)NCCNc2nc3ccccc3s2)ccc1=O. The highest BCUT2D eigenvalue weighted by Crippen LogP contribution is 2.24. The van der Waals surface area contributed by atoms with Crippen molar-refractivity contribution >= 4 is 32.6 Å². The van der Waals surface area contributed by atoms with Gasteiger partial charge in [-0.2, -0.15) is 5.10 Å². The molecule has 0 fully saturated rings. The van der Waals surface area contributed by atoms with E-state index >= 15 is 0 Å². The van der Waals surface area contributed by atoms with Crippen molar-refractivity contribution in [1.29, 1.82) is 0 Å². The third-order valence-electron chi connectivity index (χ3n) is 3.52. The first-order valence-electron chi connectivity index (χ1n) is 8.13. The highest BCUT2D eigenvalue weighted by molar-refractivity contribution is 7.22. The van der Waals surface area contributed by atoms with Crippen LogP contribution in [0.25, 0.3) is 10.2 Å². The summed E-state index contributed by atoms with van der Waals surface area (Å²) in [6.07, 6.45) is 0.782. The smallest absolute Gasteiger partial charge is 0.271 e. The first-order chi connectivity index (χ1) is 12.2. The molecule has 0 saturated heterocycles. The van der Waals surface area contributed by atoms with Gasteiger partial charge in [0.1, 0.15) is 5.69 Å². The quantitative estimate of drug-likeness (QED) is 0.632. The van der Waals surface area contributed by atoms with Crippen LogP contribution in [0.3, 0.4) is 0 Å². The van der Waals surface area contributed by atoms with Gasteiger partial charge in [-0.25, -0.2) is 9.67 Å². The Balaban J connectivity index is 1.52. The van der Waals surface area contributed by atoms with Crippen molar-refractivity contribution in [2.75, 3.05) is 18.4 Å². The normalized spacial score (nSPS) is 10.8. The van der Waals surface area contributed by atoms with Gasteiger partial charge in [0.05, 0.1) is 10.2 Å². The van der Waals surface area contributed by atoms with E-state index in [1.165, 1.54) is 16.8 Å². The molecule has 7 nitrogen and oxygen atoms in total. The van der Waals surface area contributed by atoms with Gasteiger partial charge >= 0.3 is 0 Å². The van der Waals surface area contributed by atoms with Crippen molar-refractivity contribution in [3.05, 3.63) is 52.4 Å². The molecule has 0 aliphatic heterocycles. The number of hydrogen-bond donors (Lipinski definition) is 2. The number of amides is 1. The predicted octanol–water partition coefficient (Wildman–Crippen LogP) is 2.10. The molecule has 1 aromatic carbocycles. The second-order valence-electron chi connectivity index (χ2n) is 5.45. The van der Waals surface area contributed by atoms with Crippen LogP contribution >= 0.6 is 11.3 Å². The minimum atomic E-state index is -0.295. The topological polar surface area (TPSA) is 88.9 Å². The van der Waals surface area contributed by atoms with Crippen molar-refractivity contribution in [3.63, 3.8) is 0 Å². The highest BCUT2D eigenvalue weighted by atomic mass is 32.1. The summed E-state index contributed by atoms with van der Waals surface area (Å²) in [4.78, 5) is 28.2. The fourth-order valence-electron chi connectivity index (χ4n) is 2.33. The van der Waals surface area contributed by atoms with Gasteiger partial charge < -0.3 is 10.6 Å². The molecule has 2 aromatic heterocycles. The summed E-state index contributed by atoms with van der Waals surface area (Å²) in [6, 6.07) is 10.8. The van der Waals surface area contributed by atoms with E-state index in [0.29, 0.717) is 19.6 Å². The fraction of sp³-hybridized carbons (Fsp3) is 0.294. The summed E-state index contributed by atoms with van der Waals surface area (Å²) in [7, 11) is 0. The second-order valence-corrected chi connectivity index (χ2v) is 6.48. The van der Waals surface area contributed by atoms with Crippen LogP contribution in [0.15, 0.2) is 41.2 Å². The van der Waals surface area contributed by atoms with E-state index in [9.17, 15) is 9.59 Å². The van der Waals surface area contributed by atoms with Crippen LogP contribution in [0.2, 0.25) is 0 Å². The summed E-state index contributed by atoms with van der Waals surface area (Å²) in [5.74, 6) is -0.295. The van der Waals surface area contributed by atoms with Crippen molar-refractivity contribution in [3.8, 4) is 0 Å². The van der Waals surface area contributed by atoms with Crippen molar-refractivity contribution in [1.82, 2.24) is 20.1 Å². The van der Waals surface area contributed by atoms with Crippen LogP contribution in [0.1, 0.15) is 23.8 Å². The van der Waals surface area contributed by atoms with E-state index in [4.69, 9.17) is 0 Å². The lowest BCUT2D eigenvalue weighted by molar-refractivity contribution is 0.0947. The molecule has 25 heavy (non-hydrogen) atoms. The molecule has 3 aromatic rings. The third kappa shape index (κ3) is 4.21. The number of nitrogens with zero attached hydrogens (tertiary/aromatic N) is 3. The number of carbonyl (C=O) groups excluding carboxylic acids is 1. The number of aryl methyl sites for hydroxylation is 1. The molecule has 0 bridgehead atoms. The zero-order valence-corrected chi connectivity index (χ0v) is 14.7. The molecule has 130 valence electrons. The Morgan fingerprint density at radius 1 is 1.20 bits per heavy atom. The standard InChI is InChI=1S/C17H19N5O2S/c1-2-11-22-15(23)8-7-13(21-22)16(24)18-9-10-19-17-20-12-5-3-4-6-14(12)25-17/h3-8H,2,9-11H2,1H3,(H,18,24)(H,19,20). The summed E-state index contributed by atoms with van der Waals surface area (Å²) in [6.45, 7) is 3.44. The number of aromatic nitrogens is 3. The fourth-order valence-corrected chi connectivity index (χ4v) is 3.22.